The number of nitrogens with one attached hydrogen (secondary N) is 1. The zero-order chi connectivity index (χ0) is 25.3. The molecule has 4 aromatic rings. The van der Waals surface area contributed by atoms with Crippen LogP contribution in [0.15, 0.2) is 48.9 Å². The van der Waals surface area contributed by atoms with Crippen molar-refractivity contribution >= 4 is 29.0 Å². The number of Topliss-reactive ketones (excluding diaryl/α,β-unsaturated/α-hetero) is 1. The van der Waals surface area contributed by atoms with Gasteiger partial charge in [0.15, 0.2) is 17.3 Å². The third-order valence-electron chi connectivity index (χ3n) is 4.78. The minimum atomic E-state index is -4.67. The number of anilines is 2. The lowest BCUT2D eigenvalue weighted by atomic mass is 10.1. The molecule has 0 unspecified atom stereocenters. The van der Waals surface area contributed by atoms with Crippen LogP contribution < -0.4 is 10.1 Å². The molecule has 0 aliphatic carbocycles. The van der Waals surface area contributed by atoms with E-state index in [1.807, 2.05) is 0 Å². The molecule has 3 aromatic heterocycles. The molecule has 0 saturated heterocycles. The number of methoxy groups -OCH3 is 1. The Kier molecular flexibility index (Phi) is 6.39. The van der Waals surface area contributed by atoms with Crippen molar-refractivity contribution in [1.29, 1.82) is 0 Å². The van der Waals surface area contributed by atoms with Crippen LogP contribution in [0.3, 0.4) is 0 Å². The van der Waals surface area contributed by atoms with Gasteiger partial charge >= 0.3 is 6.18 Å². The summed E-state index contributed by atoms with van der Waals surface area (Å²) in [5.74, 6) is -0.924. The minimum Gasteiger partial charge on any atom is -0.480 e. The summed E-state index contributed by atoms with van der Waals surface area (Å²) in [5.41, 5.74) is -0.0418. The summed E-state index contributed by atoms with van der Waals surface area (Å²) in [6, 6.07) is 6.09. The zero-order valence-corrected chi connectivity index (χ0v) is 18.8. The Morgan fingerprint density at radius 1 is 1.14 bits per heavy atom. The van der Waals surface area contributed by atoms with Crippen LogP contribution in [0, 0.1) is 5.82 Å². The van der Waals surface area contributed by atoms with E-state index >= 15 is 0 Å². The lowest BCUT2D eigenvalue weighted by Gasteiger charge is -2.13. The molecule has 0 aliphatic rings. The van der Waals surface area contributed by atoms with Gasteiger partial charge in [-0.15, -0.1) is 0 Å². The summed E-state index contributed by atoms with van der Waals surface area (Å²) in [6.45, 7) is 1.32. The number of alkyl halides is 3. The molecule has 3 heterocycles. The number of carbonyl (C=O) groups excluding carboxylic acids is 1. The van der Waals surface area contributed by atoms with Gasteiger partial charge in [-0.05, 0) is 37.3 Å². The van der Waals surface area contributed by atoms with Crippen LogP contribution in [-0.4, -0.2) is 37.6 Å². The van der Waals surface area contributed by atoms with Crippen molar-refractivity contribution in [3.8, 4) is 22.8 Å². The molecule has 0 fully saturated rings. The van der Waals surface area contributed by atoms with E-state index in [1.165, 1.54) is 44.6 Å². The van der Waals surface area contributed by atoms with Gasteiger partial charge in [0.05, 0.1) is 17.7 Å². The van der Waals surface area contributed by atoms with E-state index in [0.29, 0.717) is 11.3 Å². The molecule has 13 heteroatoms. The Hall–Kier alpha value is -4.06. The standard InChI is InChI=1S/C22H15ClF4N6O2/c1-11(34)14-7-12(9-28-20(14)35-2)15-10-29-21(30-13-3-4-17(24)16(23)8-13)31-19(15)33-6-5-18(32-33)22(25,26)27/h3-10H,1-2H3,(H,29,30,31). The molecule has 0 amide bonds. The molecule has 0 aliphatic heterocycles. The maximum absolute atomic E-state index is 13.5. The fourth-order valence-corrected chi connectivity index (χ4v) is 3.30. The van der Waals surface area contributed by atoms with E-state index in [4.69, 9.17) is 16.3 Å². The molecular weight excluding hydrogens is 492 g/mol. The van der Waals surface area contributed by atoms with E-state index in [2.05, 4.69) is 25.4 Å². The lowest BCUT2D eigenvalue weighted by molar-refractivity contribution is -0.141. The highest BCUT2D eigenvalue weighted by Gasteiger charge is 2.34. The van der Waals surface area contributed by atoms with Crippen molar-refractivity contribution in [3.05, 3.63) is 71.0 Å². The number of pyridine rings is 1. The summed E-state index contributed by atoms with van der Waals surface area (Å²) in [7, 11) is 1.35. The van der Waals surface area contributed by atoms with E-state index in [9.17, 15) is 22.4 Å². The third-order valence-corrected chi connectivity index (χ3v) is 5.07. The van der Waals surface area contributed by atoms with Gasteiger partial charge in [-0.1, -0.05) is 11.6 Å². The summed E-state index contributed by atoms with van der Waals surface area (Å²) in [4.78, 5) is 24.7. The van der Waals surface area contributed by atoms with Crippen LogP contribution in [0.5, 0.6) is 5.88 Å². The van der Waals surface area contributed by atoms with Crippen LogP contribution in [0.2, 0.25) is 5.02 Å². The Labute approximate surface area is 200 Å². The predicted molar refractivity (Wildman–Crippen MR) is 119 cm³/mol. The smallest absolute Gasteiger partial charge is 0.435 e. The lowest BCUT2D eigenvalue weighted by Crippen LogP contribution is -2.10. The number of rotatable bonds is 6. The van der Waals surface area contributed by atoms with Gasteiger partial charge in [0.25, 0.3) is 0 Å². The molecule has 8 nitrogen and oxygen atoms in total. The molecule has 4 rings (SSSR count). The predicted octanol–water partition coefficient (Wildman–Crippen LogP) is 5.49. The summed E-state index contributed by atoms with van der Waals surface area (Å²) < 4.78 is 59.0. The first-order chi connectivity index (χ1) is 16.6. The van der Waals surface area contributed by atoms with Gasteiger partial charge in [-0.25, -0.2) is 19.0 Å². The Balaban J connectivity index is 1.84. The van der Waals surface area contributed by atoms with Crippen molar-refractivity contribution in [2.45, 2.75) is 13.1 Å². The van der Waals surface area contributed by atoms with E-state index in [0.717, 1.165) is 23.0 Å². The minimum absolute atomic E-state index is 0.0243. The number of hydrogen-bond donors (Lipinski definition) is 1. The van der Waals surface area contributed by atoms with Crippen LogP contribution in [-0.2, 0) is 6.18 Å². The first-order valence-electron chi connectivity index (χ1n) is 9.84. The third kappa shape index (κ3) is 5.06. The molecule has 1 N–H and O–H groups in total. The molecular formula is C22H15ClF4N6O2. The van der Waals surface area contributed by atoms with Crippen molar-refractivity contribution in [3.63, 3.8) is 0 Å². The highest BCUT2D eigenvalue weighted by Crippen LogP contribution is 2.32. The quantitative estimate of drug-likeness (QED) is 0.273. The fraction of sp³-hybridized carbons (Fsp3) is 0.136. The first kappa shape index (κ1) is 24.1. The normalized spacial score (nSPS) is 11.4. The average molecular weight is 507 g/mol. The fourth-order valence-electron chi connectivity index (χ4n) is 3.12. The number of benzene rings is 1. The van der Waals surface area contributed by atoms with Crippen LogP contribution in [0.1, 0.15) is 23.0 Å². The molecule has 0 bridgehead atoms. The molecule has 1 aromatic carbocycles. The number of hydrogen-bond acceptors (Lipinski definition) is 7. The SMILES string of the molecule is COc1ncc(-c2cnc(Nc3ccc(F)c(Cl)c3)nc2-n2ccc(C(F)(F)F)n2)cc1C(C)=O. The maximum atomic E-state index is 13.5. The monoisotopic (exact) mass is 506 g/mol. The number of ketones is 1. The van der Waals surface area contributed by atoms with Gasteiger partial charge in [-0.3, -0.25) is 4.79 Å². The highest BCUT2D eigenvalue weighted by atomic mass is 35.5. The molecule has 0 atom stereocenters. The number of aromatic nitrogens is 5. The summed E-state index contributed by atoms with van der Waals surface area (Å²) >= 11 is 5.80. The number of halogens is 5. The van der Waals surface area contributed by atoms with Crippen molar-refractivity contribution in [2.24, 2.45) is 0 Å². The second-order valence-corrected chi connectivity index (χ2v) is 7.57. The highest BCUT2D eigenvalue weighted by molar-refractivity contribution is 6.31. The summed E-state index contributed by atoms with van der Waals surface area (Å²) in [6.07, 6.45) is -0.878. The van der Waals surface area contributed by atoms with Crippen LogP contribution in [0.4, 0.5) is 29.2 Å². The van der Waals surface area contributed by atoms with E-state index in [1.54, 1.807) is 0 Å². The topological polar surface area (TPSA) is 94.8 Å². The molecule has 0 saturated carbocycles. The maximum Gasteiger partial charge on any atom is 0.435 e. The van der Waals surface area contributed by atoms with Gasteiger partial charge in [0.1, 0.15) is 5.82 Å². The van der Waals surface area contributed by atoms with Gasteiger partial charge < -0.3 is 10.1 Å². The molecule has 35 heavy (non-hydrogen) atoms. The second-order valence-electron chi connectivity index (χ2n) is 7.17. The van der Waals surface area contributed by atoms with Crippen LogP contribution in [0.25, 0.3) is 16.9 Å². The first-order valence-corrected chi connectivity index (χ1v) is 10.2. The van der Waals surface area contributed by atoms with Crippen molar-refractivity contribution in [2.75, 3.05) is 12.4 Å². The van der Waals surface area contributed by atoms with E-state index < -0.39 is 17.7 Å². The van der Waals surface area contributed by atoms with Gasteiger partial charge in [0, 0.05) is 35.4 Å². The average Bonchev–Trinajstić information content (AvgIpc) is 3.32. The summed E-state index contributed by atoms with van der Waals surface area (Å²) in [5, 5.41) is 6.27. The van der Waals surface area contributed by atoms with Gasteiger partial charge in [-0.2, -0.15) is 23.3 Å². The second kappa shape index (κ2) is 9.29. The molecule has 0 spiro atoms. The Morgan fingerprint density at radius 3 is 2.54 bits per heavy atom. The van der Waals surface area contributed by atoms with E-state index in [-0.39, 0.29) is 39.6 Å². The zero-order valence-electron chi connectivity index (χ0n) is 18.1. The Bertz CT molecular complexity index is 1420. The van der Waals surface area contributed by atoms with Crippen molar-refractivity contribution < 1.29 is 27.1 Å². The molecule has 180 valence electrons. The van der Waals surface area contributed by atoms with Crippen molar-refractivity contribution in [1.82, 2.24) is 24.7 Å². The molecule has 0 radical (unpaired) electrons. The van der Waals surface area contributed by atoms with Crippen LogP contribution >= 0.6 is 11.6 Å². The Morgan fingerprint density at radius 2 is 1.91 bits per heavy atom. The van der Waals surface area contributed by atoms with Gasteiger partial charge in [0.2, 0.25) is 11.8 Å². The largest absolute Gasteiger partial charge is 0.480 e. The number of ether oxygens (including phenoxy) is 1. The number of carbonyl (C=O) groups is 1. The number of nitrogens with zero attached hydrogens (tertiary/aromatic N) is 5.